The number of allylic oxidation sites excluding steroid dienone is 1. The lowest BCUT2D eigenvalue weighted by atomic mass is 9.57. The van der Waals surface area contributed by atoms with Crippen LogP contribution in [-0.4, -0.2) is 26.0 Å². The van der Waals surface area contributed by atoms with E-state index in [-0.39, 0.29) is 28.3 Å². The molecule has 0 heterocycles. The van der Waals surface area contributed by atoms with Crippen LogP contribution >= 0.6 is 0 Å². The predicted octanol–water partition coefficient (Wildman–Crippen LogP) is 5.06. The third-order valence-corrected chi connectivity index (χ3v) is 11.9. The fraction of sp³-hybridized carbons (Fsp3) is 0.810. The molecule has 3 aliphatic carbocycles. The molecule has 1 spiro atoms. The van der Waals surface area contributed by atoms with E-state index in [9.17, 15) is 9.59 Å². The molecule has 0 aromatic carbocycles. The lowest BCUT2D eigenvalue weighted by molar-refractivity contribution is -0.126. The van der Waals surface area contributed by atoms with Crippen molar-refractivity contribution in [3.63, 3.8) is 0 Å². The second-order valence-electron chi connectivity index (χ2n) is 10.2. The minimum absolute atomic E-state index is 0.00100. The van der Waals surface area contributed by atoms with Gasteiger partial charge < -0.3 is 4.43 Å². The summed E-state index contributed by atoms with van der Waals surface area (Å²) in [6.07, 6.45) is 7.01. The largest absolute Gasteiger partial charge is 0.413 e. The van der Waals surface area contributed by atoms with E-state index in [1.807, 2.05) is 13.0 Å². The first kappa shape index (κ1) is 19.0. The Hall–Kier alpha value is -0.743. The third kappa shape index (κ3) is 3.21. The number of Topliss-reactive ketones (excluding diaryl/α,β-unsaturated/α-hetero) is 1. The van der Waals surface area contributed by atoms with E-state index in [1.165, 1.54) is 5.57 Å². The van der Waals surface area contributed by atoms with Gasteiger partial charge in [0.05, 0.1) is 6.10 Å². The predicted molar refractivity (Wildman–Crippen MR) is 103 cm³/mol. The van der Waals surface area contributed by atoms with Crippen molar-refractivity contribution >= 4 is 19.9 Å². The molecule has 140 valence electrons. The summed E-state index contributed by atoms with van der Waals surface area (Å²) in [6.45, 7) is 13.5. The van der Waals surface area contributed by atoms with E-state index < -0.39 is 8.32 Å². The zero-order valence-electron chi connectivity index (χ0n) is 16.8. The fourth-order valence-electron chi connectivity index (χ4n) is 4.87. The molecule has 0 amide bonds. The Kier molecular flexibility index (Phi) is 4.69. The van der Waals surface area contributed by atoms with E-state index in [0.29, 0.717) is 24.5 Å². The molecule has 0 unspecified atom stereocenters. The highest BCUT2D eigenvalue weighted by Gasteiger charge is 2.56. The molecule has 3 aliphatic rings. The zero-order chi connectivity index (χ0) is 18.6. The third-order valence-electron chi connectivity index (χ3n) is 7.40. The van der Waals surface area contributed by atoms with Crippen molar-refractivity contribution in [1.82, 2.24) is 0 Å². The van der Waals surface area contributed by atoms with Gasteiger partial charge in [-0.05, 0) is 55.8 Å². The topological polar surface area (TPSA) is 43.4 Å². The maximum atomic E-state index is 12.6. The van der Waals surface area contributed by atoms with E-state index in [4.69, 9.17) is 4.43 Å². The van der Waals surface area contributed by atoms with Crippen molar-refractivity contribution in [2.75, 3.05) is 0 Å². The molecule has 0 aliphatic heterocycles. The number of hydrogen-bond acceptors (Lipinski definition) is 3. The monoisotopic (exact) mass is 362 g/mol. The summed E-state index contributed by atoms with van der Waals surface area (Å²) in [6, 6.07) is 0. The van der Waals surface area contributed by atoms with Crippen LogP contribution < -0.4 is 0 Å². The molecule has 4 atom stereocenters. The maximum absolute atomic E-state index is 12.6. The van der Waals surface area contributed by atoms with Gasteiger partial charge in [-0.3, -0.25) is 9.59 Å². The zero-order valence-corrected chi connectivity index (χ0v) is 17.8. The van der Waals surface area contributed by atoms with Gasteiger partial charge in [0.1, 0.15) is 5.78 Å². The van der Waals surface area contributed by atoms with E-state index >= 15 is 0 Å². The van der Waals surface area contributed by atoms with Crippen LogP contribution in [0.25, 0.3) is 0 Å². The minimum Gasteiger partial charge on any atom is -0.413 e. The van der Waals surface area contributed by atoms with Crippen LogP contribution in [0.1, 0.15) is 66.2 Å². The molecule has 4 heteroatoms. The van der Waals surface area contributed by atoms with Crippen molar-refractivity contribution in [2.45, 2.75) is 90.5 Å². The van der Waals surface area contributed by atoms with Gasteiger partial charge in [0.25, 0.3) is 0 Å². The summed E-state index contributed by atoms with van der Waals surface area (Å²) in [5.41, 5.74) is 0.991. The first-order valence-electron chi connectivity index (χ1n) is 9.91. The Morgan fingerprint density at radius 1 is 1.16 bits per heavy atom. The Morgan fingerprint density at radius 3 is 2.44 bits per heavy atom. The molecule has 0 saturated heterocycles. The van der Waals surface area contributed by atoms with Gasteiger partial charge in [-0.25, -0.2) is 0 Å². The summed E-state index contributed by atoms with van der Waals surface area (Å²) in [5.74, 6) is 1.06. The van der Waals surface area contributed by atoms with Crippen LogP contribution in [0.5, 0.6) is 0 Å². The molecule has 2 fully saturated rings. The quantitative estimate of drug-likeness (QED) is 0.645. The van der Waals surface area contributed by atoms with Crippen LogP contribution in [0, 0.1) is 17.3 Å². The highest BCUT2D eigenvalue weighted by atomic mass is 28.4. The maximum Gasteiger partial charge on any atom is 0.192 e. The SMILES string of the molecule is C[C@@H]1C[C@@]23CC(=O)CC[C@@H](CCC2=CC1=O)[C@H]3O[Si](C)(C)C(C)(C)C. The molecule has 3 rings (SSSR count). The van der Waals surface area contributed by atoms with Crippen molar-refractivity contribution in [1.29, 1.82) is 0 Å². The molecule has 2 saturated carbocycles. The van der Waals surface area contributed by atoms with Gasteiger partial charge in [0.15, 0.2) is 14.1 Å². The highest BCUT2D eigenvalue weighted by molar-refractivity contribution is 6.74. The fourth-order valence-corrected chi connectivity index (χ4v) is 6.28. The average Bonchev–Trinajstić information content (AvgIpc) is 2.54. The Morgan fingerprint density at radius 2 is 1.80 bits per heavy atom. The van der Waals surface area contributed by atoms with E-state index in [0.717, 1.165) is 25.7 Å². The Bertz CT molecular complexity index is 613. The average molecular weight is 363 g/mol. The van der Waals surface area contributed by atoms with E-state index in [1.54, 1.807) is 0 Å². The van der Waals surface area contributed by atoms with Gasteiger partial charge in [0.2, 0.25) is 0 Å². The first-order chi connectivity index (χ1) is 11.5. The molecule has 25 heavy (non-hydrogen) atoms. The van der Waals surface area contributed by atoms with Gasteiger partial charge in [-0.2, -0.15) is 0 Å². The van der Waals surface area contributed by atoms with Crippen molar-refractivity contribution < 1.29 is 14.0 Å². The van der Waals surface area contributed by atoms with E-state index in [2.05, 4.69) is 33.9 Å². The number of rotatable bonds is 2. The number of fused-ring (bicyclic) bond motifs is 1. The summed E-state index contributed by atoms with van der Waals surface area (Å²) < 4.78 is 7.02. The van der Waals surface area contributed by atoms with Gasteiger partial charge >= 0.3 is 0 Å². The number of hydrogen-bond donors (Lipinski definition) is 0. The summed E-state index contributed by atoms with van der Waals surface area (Å²) in [4.78, 5) is 24.9. The van der Waals surface area contributed by atoms with Crippen LogP contribution in [-0.2, 0) is 14.0 Å². The lowest BCUT2D eigenvalue weighted by Gasteiger charge is -2.54. The molecular weight excluding hydrogens is 328 g/mol. The van der Waals surface area contributed by atoms with Crippen LogP contribution in [0.4, 0.5) is 0 Å². The van der Waals surface area contributed by atoms with Gasteiger partial charge in [0, 0.05) is 24.2 Å². The van der Waals surface area contributed by atoms with Crippen molar-refractivity contribution in [3.8, 4) is 0 Å². The second-order valence-corrected chi connectivity index (χ2v) is 14.9. The lowest BCUT2D eigenvalue weighted by Crippen LogP contribution is -2.55. The molecule has 0 N–H and O–H groups in total. The molecule has 0 radical (unpaired) electrons. The Balaban J connectivity index is 2.07. The minimum atomic E-state index is -1.95. The number of ketones is 2. The normalized spacial score (nSPS) is 36.6. The van der Waals surface area contributed by atoms with Gasteiger partial charge in [-0.1, -0.05) is 33.3 Å². The molecule has 2 bridgehead atoms. The summed E-state index contributed by atoms with van der Waals surface area (Å²) in [5, 5.41) is 0.147. The Labute approximate surface area is 153 Å². The van der Waals surface area contributed by atoms with Crippen molar-refractivity contribution in [3.05, 3.63) is 11.6 Å². The molecular formula is C21H34O3Si. The second kappa shape index (κ2) is 6.16. The summed E-state index contributed by atoms with van der Waals surface area (Å²) in [7, 11) is -1.95. The highest BCUT2D eigenvalue weighted by Crippen LogP contribution is 2.57. The summed E-state index contributed by atoms with van der Waals surface area (Å²) >= 11 is 0. The van der Waals surface area contributed by atoms with Crippen LogP contribution in [0.2, 0.25) is 18.1 Å². The van der Waals surface area contributed by atoms with Crippen LogP contribution in [0.15, 0.2) is 11.6 Å². The van der Waals surface area contributed by atoms with Gasteiger partial charge in [-0.15, -0.1) is 0 Å². The molecule has 3 nitrogen and oxygen atoms in total. The number of carbonyl (C=O) groups is 2. The van der Waals surface area contributed by atoms with Crippen molar-refractivity contribution in [2.24, 2.45) is 17.3 Å². The molecule has 0 aromatic rings. The smallest absolute Gasteiger partial charge is 0.192 e. The number of carbonyl (C=O) groups excluding carboxylic acids is 2. The first-order valence-corrected chi connectivity index (χ1v) is 12.8. The van der Waals surface area contributed by atoms with Crippen LogP contribution in [0.3, 0.4) is 0 Å². The molecule has 0 aromatic heterocycles. The standard InChI is InChI=1S/C21H34O3Si/c1-14-12-21-13-17(22)10-8-15(7-9-16(21)11-18(14)23)19(21)24-25(5,6)20(2,3)4/h11,14-15,19H,7-10,12-13H2,1-6H3/t14-,15-,19-,21-/m1/s1.